The molecule has 4 rings (SSSR count). The van der Waals surface area contributed by atoms with E-state index in [1.165, 1.54) is 29.6 Å². The number of fused-ring (bicyclic) bond motifs is 1. The summed E-state index contributed by atoms with van der Waals surface area (Å²) in [5.41, 5.74) is 0.796. The SMILES string of the molecule is CCN1CCN(C(=O)NC(Cc2c[nH]cn2)C(=O)NC2Cc3cccc(C(=O)O)c3OB2O)C(=O)C1=O. The Kier molecular flexibility index (Phi) is 7.43. The van der Waals surface area contributed by atoms with E-state index >= 15 is 0 Å². The zero-order valence-electron chi connectivity index (χ0n) is 19.8. The number of H-pyrrole nitrogens is 1. The van der Waals surface area contributed by atoms with Crippen LogP contribution >= 0.6 is 0 Å². The van der Waals surface area contributed by atoms with Crippen LogP contribution in [0.2, 0.25) is 0 Å². The van der Waals surface area contributed by atoms with Gasteiger partial charge in [0.05, 0.1) is 23.5 Å². The van der Waals surface area contributed by atoms with E-state index in [0.29, 0.717) is 17.8 Å². The number of benzene rings is 1. The van der Waals surface area contributed by atoms with Crippen LogP contribution < -0.4 is 15.3 Å². The fraction of sp³-hybridized carbons (Fsp3) is 0.364. The smallest absolute Gasteiger partial charge is 0.534 e. The van der Waals surface area contributed by atoms with E-state index in [1.54, 1.807) is 13.0 Å². The number of carbonyl (C=O) groups excluding carboxylic acids is 4. The van der Waals surface area contributed by atoms with Crippen LogP contribution in [0.15, 0.2) is 30.7 Å². The van der Waals surface area contributed by atoms with Crippen molar-refractivity contribution < 1.29 is 38.8 Å². The molecule has 5 amide bonds. The molecule has 2 aromatic rings. The van der Waals surface area contributed by atoms with Gasteiger partial charge in [0.15, 0.2) is 0 Å². The van der Waals surface area contributed by atoms with Gasteiger partial charge in [-0.3, -0.25) is 19.3 Å². The van der Waals surface area contributed by atoms with E-state index in [2.05, 4.69) is 20.6 Å². The first-order valence-electron chi connectivity index (χ1n) is 11.6. The standard InChI is InChI=1S/C22H25BN6O8/c1-2-28-6-7-29(20(32)19(28)31)22(35)26-15(9-13-10-24-11-25-13)18(30)27-16-8-12-4-3-5-14(21(33)34)17(12)37-23(16)36/h3-5,10-11,15-16,36H,2,6-9H2,1H3,(H,24,25)(H,26,35)(H,27,30)(H,33,34). The van der Waals surface area contributed by atoms with E-state index in [0.717, 1.165) is 4.90 Å². The number of urea groups is 1. The molecular formula is C22H25BN6O8. The van der Waals surface area contributed by atoms with Crippen LogP contribution in [0.4, 0.5) is 4.79 Å². The van der Waals surface area contributed by atoms with Gasteiger partial charge < -0.3 is 35.3 Å². The molecule has 0 radical (unpaired) electrons. The number of likely N-dealkylation sites (N-methyl/N-ethyl adjacent to an activating group) is 1. The zero-order chi connectivity index (χ0) is 26.7. The van der Waals surface area contributed by atoms with E-state index in [1.807, 2.05) is 0 Å². The molecule has 14 nitrogen and oxygen atoms in total. The van der Waals surface area contributed by atoms with Crippen LogP contribution in [-0.2, 0) is 27.2 Å². The molecule has 0 saturated carbocycles. The summed E-state index contributed by atoms with van der Waals surface area (Å²) >= 11 is 0. The predicted octanol–water partition coefficient (Wildman–Crippen LogP) is -1.44. The molecule has 1 fully saturated rings. The van der Waals surface area contributed by atoms with Crippen molar-refractivity contribution in [3.63, 3.8) is 0 Å². The number of carboxylic acid groups (broad SMARTS) is 1. The second-order valence-electron chi connectivity index (χ2n) is 8.53. The molecule has 37 heavy (non-hydrogen) atoms. The lowest BCUT2D eigenvalue weighted by Gasteiger charge is -2.33. The van der Waals surface area contributed by atoms with Gasteiger partial charge in [-0.25, -0.2) is 14.6 Å². The number of amides is 5. The van der Waals surface area contributed by atoms with E-state index in [-0.39, 0.29) is 37.2 Å². The Morgan fingerprint density at radius 2 is 2.05 bits per heavy atom. The van der Waals surface area contributed by atoms with Crippen molar-refractivity contribution in [2.24, 2.45) is 0 Å². The number of imidazole rings is 1. The number of aromatic nitrogens is 2. The highest BCUT2D eigenvalue weighted by molar-refractivity contribution is 6.47. The maximum Gasteiger partial charge on any atom is 0.547 e. The van der Waals surface area contributed by atoms with Gasteiger partial charge in [0, 0.05) is 32.3 Å². The van der Waals surface area contributed by atoms with Crippen LogP contribution in [0, 0.1) is 0 Å². The quantitative estimate of drug-likeness (QED) is 0.218. The molecule has 0 bridgehead atoms. The van der Waals surface area contributed by atoms with Crippen molar-refractivity contribution in [3.8, 4) is 5.75 Å². The summed E-state index contributed by atoms with van der Waals surface area (Å²) in [6, 6.07) is 2.35. The van der Waals surface area contributed by atoms with Gasteiger partial charge in [-0.1, -0.05) is 12.1 Å². The highest BCUT2D eigenvalue weighted by Crippen LogP contribution is 2.30. The monoisotopic (exact) mass is 512 g/mol. The number of hydrogen-bond donors (Lipinski definition) is 5. The molecule has 2 aliphatic rings. The summed E-state index contributed by atoms with van der Waals surface area (Å²) in [6.45, 7) is 2.19. The third-order valence-corrected chi connectivity index (χ3v) is 6.20. The summed E-state index contributed by atoms with van der Waals surface area (Å²) in [5.74, 6) is -4.66. The van der Waals surface area contributed by atoms with Crippen molar-refractivity contribution in [2.45, 2.75) is 31.7 Å². The number of nitrogens with one attached hydrogen (secondary N) is 3. The Hall–Kier alpha value is -4.40. The van der Waals surface area contributed by atoms with Gasteiger partial charge >= 0.3 is 30.9 Å². The molecule has 2 aliphatic heterocycles. The molecule has 1 aromatic carbocycles. The average molecular weight is 512 g/mol. The third kappa shape index (κ3) is 5.40. The molecular weight excluding hydrogens is 487 g/mol. The summed E-state index contributed by atoms with van der Waals surface area (Å²) in [5, 5.41) is 24.9. The number of hydrogen-bond acceptors (Lipinski definition) is 8. The number of imide groups is 1. The maximum atomic E-state index is 13.2. The van der Waals surface area contributed by atoms with E-state index < -0.39 is 48.8 Å². The van der Waals surface area contributed by atoms with Crippen molar-refractivity contribution in [3.05, 3.63) is 47.5 Å². The molecule has 0 spiro atoms. The topological polar surface area (TPSA) is 194 Å². The van der Waals surface area contributed by atoms with Crippen LogP contribution in [0.5, 0.6) is 5.75 Å². The average Bonchev–Trinajstić information content (AvgIpc) is 3.38. The number of nitrogens with zero attached hydrogens (tertiary/aromatic N) is 3. The number of carbonyl (C=O) groups is 5. The fourth-order valence-corrected chi connectivity index (χ4v) is 4.22. The first-order valence-corrected chi connectivity index (χ1v) is 11.6. The van der Waals surface area contributed by atoms with Gasteiger partial charge in [-0.15, -0.1) is 0 Å². The lowest BCUT2D eigenvalue weighted by atomic mass is 9.72. The molecule has 194 valence electrons. The van der Waals surface area contributed by atoms with Gasteiger partial charge in [-0.05, 0) is 25.0 Å². The molecule has 15 heteroatoms. The lowest BCUT2D eigenvalue weighted by Crippen LogP contribution is -2.62. The highest BCUT2D eigenvalue weighted by Gasteiger charge is 2.40. The number of aromatic amines is 1. The van der Waals surface area contributed by atoms with Crippen LogP contribution in [0.1, 0.15) is 28.5 Å². The van der Waals surface area contributed by atoms with Crippen molar-refractivity contribution in [1.82, 2.24) is 30.4 Å². The number of para-hydroxylation sites is 1. The van der Waals surface area contributed by atoms with Crippen molar-refractivity contribution in [1.29, 1.82) is 0 Å². The second-order valence-corrected chi connectivity index (χ2v) is 8.53. The van der Waals surface area contributed by atoms with Crippen LogP contribution in [0.25, 0.3) is 0 Å². The summed E-state index contributed by atoms with van der Waals surface area (Å²) in [7, 11) is -1.56. The third-order valence-electron chi connectivity index (χ3n) is 6.20. The lowest BCUT2D eigenvalue weighted by molar-refractivity contribution is -0.153. The Morgan fingerprint density at radius 3 is 2.73 bits per heavy atom. The summed E-state index contributed by atoms with van der Waals surface area (Å²) in [4.78, 5) is 71.1. The Morgan fingerprint density at radius 1 is 1.27 bits per heavy atom. The fourth-order valence-electron chi connectivity index (χ4n) is 4.22. The van der Waals surface area contributed by atoms with Crippen molar-refractivity contribution >= 4 is 36.8 Å². The van der Waals surface area contributed by atoms with Crippen LogP contribution in [-0.4, -0.2) is 98.4 Å². The molecule has 3 heterocycles. The Bertz CT molecular complexity index is 1220. The minimum atomic E-state index is -1.56. The highest BCUT2D eigenvalue weighted by atomic mass is 16.5. The van der Waals surface area contributed by atoms with Gasteiger partial charge in [0.25, 0.3) is 0 Å². The molecule has 2 unspecified atom stereocenters. The maximum absolute atomic E-state index is 13.2. The van der Waals surface area contributed by atoms with E-state index in [4.69, 9.17) is 4.65 Å². The Labute approximate surface area is 211 Å². The molecule has 0 aliphatic carbocycles. The van der Waals surface area contributed by atoms with Gasteiger partial charge in [0.1, 0.15) is 11.8 Å². The minimum Gasteiger partial charge on any atom is -0.534 e. The molecule has 2 atom stereocenters. The number of carboxylic acids is 1. The summed E-state index contributed by atoms with van der Waals surface area (Å²) < 4.78 is 5.41. The van der Waals surface area contributed by atoms with Crippen molar-refractivity contribution in [2.75, 3.05) is 19.6 Å². The first kappa shape index (κ1) is 25.7. The predicted molar refractivity (Wildman–Crippen MR) is 126 cm³/mol. The van der Waals surface area contributed by atoms with Crippen LogP contribution in [0.3, 0.4) is 0 Å². The van der Waals surface area contributed by atoms with E-state index in [9.17, 15) is 34.1 Å². The number of piperazine rings is 1. The second kappa shape index (κ2) is 10.7. The molecule has 5 N–H and O–H groups in total. The van der Waals surface area contributed by atoms with Gasteiger partial charge in [-0.2, -0.15) is 0 Å². The Balaban J connectivity index is 1.49. The summed E-state index contributed by atoms with van der Waals surface area (Å²) in [6.07, 6.45) is 2.94. The zero-order valence-corrected chi connectivity index (χ0v) is 19.8. The van der Waals surface area contributed by atoms with Gasteiger partial charge in [0.2, 0.25) is 5.91 Å². The largest absolute Gasteiger partial charge is 0.547 e. The number of rotatable bonds is 7. The molecule has 1 aromatic heterocycles. The first-order chi connectivity index (χ1) is 17.7. The number of aromatic carboxylic acids is 1. The molecule has 1 saturated heterocycles. The normalized spacial score (nSPS) is 18.1. The minimum absolute atomic E-state index is 0.0174.